The zero-order chi connectivity index (χ0) is 10.3. The monoisotopic (exact) mass is 203 g/mol. The van der Waals surface area contributed by atoms with Gasteiger partial charge in [0.2, 0.25) is 0 Å². The molecule has 5 nitrogen and oxygen atoms in total. The fourth-order valence-electron chi connectivity index (χ4n) is 1.31. The molecule has 6 heteroatoms. The van der Waals surface area contributed by atoms with E-state index in [1.165, 1.54) is 0 Å². The predicted octanol–water partition coefficient (Wildman–Crippen LogP) is -0.514. The fraction of sp³-hybridized carbons (Fsp3) is 0.714. The molecule has 0 aromatic heterocycles. The summed E-state index contributed by atoms with van der Waals surface area (Å²) in [6, 6.07) is 1.71. The van der Waals surface area contributed by atoms with Crippen LogP contribution >= 0.6 is 0 Å². The molecule has 0 N–H and O–H groups in total. The first-order valence-electron chi connectivity index (χ1n) is 3.57. The molecule has 0 bridgehead atoms. The molecular formula is C7H9NO4S. The smallest absolute Gasteiger partial charge is 0.327 e. The highest BCUT2D eigenvalue weighted by Gasteiger charge is 2.67. The molecule has 0 spiro atoms. The average Bonchev–Trinajstić information content (AvgIpc) is 2.78. The van der Waals surface area contributed by atoms with E-state index < -0.39 is 26.5 Å². The van der Waals surface area contributed by atoms with Crippen LogP contribution in [0.25, 0.3) is 0 Å². The quantitative estimate of drug-likeness (QED) is 0.564. The van der Waals surface area contributed by atoms with E-state index in [9.17, 15) is 13.2 Å². The average molecular weight is 203 g/mol. The molecule has 13 heavy (non-hydrogen) atoms. The van der Waals surface area contributed by atoms with Gasteiger partial charge in [-0.05, 0) is 6.42 Å². The maximum Gasteiger partial charge on any atom is 0.327 e. The number of esters is 1. The number of sulfone groups is 1. The molecular weight excluding hydrogens is 194 g/mol. The Hall–Kier alpha value is -1.09. The van der Waals surface area contributed by atoms with E-state index in [-0.39, 0.29) is 6.42 Å². The lowest BCUT2D eigenvalue weighted by Gasteiger charge is -2.03. The third-order valence-electron chi connectivity index (χ3n) is 2.16. The minimum absolute atomic E-state index is 0.0506. The Balaban J connectivity index is 2.96. The Morgan fingerprint density at radius 3 is 2.46 bits per heavy atom. The summed E-state index contributed by atoms with van der Waals surface area (Å²) in [6.07, 6.45) is 1.06. The van der Waals surface area contributed by atoms with E-state index in [1.54, 1.807) is 6.07 Å². The zero-order valence-corrected chi connectivity index (χ0v) is 8.09. The summed E-state index contributed by atoms with van der Waals surface area (Å²) in [7, 11) is -2.19. The van der Waals surface area contributed by atoms with E-state index in [2.05, 4.69) is 4.74 Å². The molecule has 0 saturated heterocycles. The molecule has 0 radical (unpaired) electrons. The van der Waals surface area contributed by atoms with Crippen molar-refractivity contribution < 1.29 is 17.9 Å². The lowest BCUT2D eigenvalue weighted by Crippen LogP contribution is -2.23. The maximum absolute atomic E-state index is 11.1. The minimum Gasteiger partial charge on any atom is -0.468 e. The van der Waals surface area contributed by atoms with Crippen LogP contribution in [0.1, 0.15) is 6.42 Å². The van der Waals surface area contributed by atoms with Gasteiger partial charge < -0.3 is 4.74 Å². The van der Waals surface area contributed by atoms with Crippen molar-refractivity contribution in [3.63, 3.8) is 0 Å². The second-order valence-corrected chi connectivity index (χ2v) is 5.33. The number of hydrogen-bond donors (Lipinski definition) is 0. The maximum atomic E-state index is 11.1. The van der Waals surface area contributed by atoms with Crippen molar-refractivity contribution >= 4 is 15.8 Å². The molecule has 72 valence electrons. The normalized spacial score (nSPS) is 31.9. The van der Waals surface area contributed by atoms with Crippen LogP contribution in [-0.4, -0.2) is 33.0 Å². The van der Waals surface area contributed by atoms with Crippen LogP contribution < -0.4 is 0 Å². The predicted molar refractivity (Wildman–Crippen MR) is 43.3 cm³/mol. The van der Waals surface area contributed by atoms with Crippen molar-refractivity contribution in [2.75, 3.05) is 13.4 Å². The number of nitriles is 1. The van der Waals surface area contributed by atoms with Gasteiger partial charge in [0.1, 0.15) is 0 Å². The SMILES string of the molecule is COC(=O)[C@@]1(C#N)C[C@H]1S(C)(=O)=O. The highest BCUT2D eigenvalue weighted by atomic mass is 32.2. The van der Waals surface area contributed by atoms with Gasteiger partial charge in [-0.3, -0.25) is 4.79 Å². The Bertz CT molecular complexity index is 380. The first-order chi connectivity index (χ1) is 5.88. The van der Waals surface area contributed by atoms with E-state index in [4.69, 9.17) is 5.26 Å². The third-order valence-corrected chi connectivity index (χ3v) is 3.77. The van der Waals surface area contributed by atoms with Gasteiger partial charge >= 0.3 is 5.97 Å². The van der Waals surface area contributed by atoms with Gasteiger partial charge in [-0.1, -0.05) is 0 Å². The standard InChI is InChI=1S/C7H9NO4S/c1-12-6(9)7(4-8)3-5(7)13(2,10)11/h5H,3H2,1-2H3/t5-,7-/m1/s1. The number of rotatable bonds is 2. The molecule has 1 aliphatic carbocycles. The lowest BCUT2D eigenvalue weighted by molar-refractivity contribution is -0.144. The molecule has 1 fully saturated rings. The summed E-state index contributed by atoms with van der Waals surface area (Å²) < 4.78 is 26.4. The molecule has 1 saturated carbocycles. The molecule has 1 aliphatic rings. The molecule has 0 amide bonds. The summed E-state index contributed by atoms with van der Waals surface area (Å²) in [5.41, 5.74) is -1.44. The number of carbonyl (C=O) groups excluding carboxylic acids is 1. The molecule has 0 heterocycles. The second kappa shape index (κ2) is 2.70. The lowest BCUT2D eigenvalue weighted by atomic mass is 10.1. The number of nitrogens with zero attached hydrogens (tertiary/aromatic N) is 1. The highest BCUT2D eigenvalue weighted by molar-refractivity contribution is 7.91. The van der Waals surface area contributed by atoms with Gasteiger partial charge in [0.05, 0.1) is 18.4 Å². The Morgan fingerprint density at radius 2 is 2.23 bits per heavy atom. The van der Waals surface area contributed by atoms with Gasteiger partial charge in [0.15, 0.2) is 15.3 Å². The Morgan fingerprint density at radius 1 is 1.69 bits per heavy atom. The first-order valence-corrected chi connectivity index (χ1v) is 5.52. The van der Waals surface area contributed by atoms with Crippen LogP contribution in [0.5, 0.6) is 0 Å². The zero-order valence-electron chi connectivity index (χ0n) is 7.27. The second-order valence-electron chi connectivity index (χ2n) is 3.10. The number of hydrogen-bond acceptors (Lipinski definition) is 5. The Kier molecular flexibility index (Phi) is 2.08. The van der Waals surface area contributed by atoms with Crippen LogP contribution in [0.15, 0.2) is 0 Å². The van der Waals surface area contributed by atoms with E-state index in [0.29, 0.717) is 0 Å². The molecule has 0 aromatic carbocycles. The largest absolute Gasteiger partial charge is 0.468 e. The summed E-state index contributed by atoms with van der Waals surface area (Å²) in [4.78, 5) is 11.1. The van der Waals surface area contributed by atoms with E-state index in [1.807, 2.05) is 0 Å². The van der Waals surface area contributed by atoms with Gasteiger partial charge in [0.25, 0.3) is 0 Å². The Labute approximate surface area is 76.2 Å². The molecule has 0 aromatic rings. The van der Waals surface area contributed by atoms with Crippen molar-refractivity contribution in [3.05, 3.63) is 0 Å². The molecule has 0 unspecified atom stereocenters. The van der Waals surface area contributed by atoms with Gasteiger partial charge in [-0.25, -0.2) is 8.42 Å². The highest BCUT2D eigenvalue weighted by Crippen LogP contribution is 2.50. The third kappa shape index (κ3) is 1.40. The van der Waals surface area contributed by atoms with E-state index >= 15 is 0 Å². The number of carbonyl (C=O) groups is 1. The van der Waals surface area contributed by atoms with Gasteiger partial charge in [-0.15, -0.1) is 0 Å². The summed E-state index contributed by atoms with van der Waals surface area (Å²) >= 11 is 0. The van der Waals surface area contributed by atoms with Gasteiger partial charge in [0, 0.05) is 6.26 Å². The van der Waals surface area contributed by atoms with Crippen LogP contribution in [0.3, 0.4) is 0 Å². The van der Waals surface area contributed by atoms with Crippen molar-refractivity contribution in [2.45, 2.75) is 11.7 Å². The summed E-state index contributed by atoms with van der Waals surface area (Å²) in [5.74, 6) is -0.759. The first kappa shape index (κ1) is 9.99. The number of methoxy groups -OCH3 is 1. The molecule has 2 atom stereocenters. The van der Waals surface area contributed by atoms with Crippen molar-refractivity contribution in [1.82, 2.24) is 0 Å². The molecule has 1 rings (SSSR count). The van der Waals surface area contributed by atoms with E-state index in [0.717, 1.165) is 13.4 Å². The van der Waals surface area contributed by atoms with Crippen molar-refractivity contribution in [2.24, 2.45) is 5.41 Å². The minimum atomic E-state index is -3.33. The fourth-order valence-corrected chi connectivity index (χ4v) is 2.76. The van der Waals surface area contributed by atoms with Crippen molar-refractivity contribution in [1.29, 1.82) is 5.26 Å². The van der Waals surface area contributed by atoms with Gasteiger partial charge in [-0.2, -0.15) is 5.26 Å². The summed E-state index contributed by atoms with van der Waals surface area (Å²) in [5, 5.41) is 7.79. The van der Waals surface area contributed by atoms with Crippen LogP contribution in [0, 0.1) is 16.7 Å². The van der Waals surface area contributed by atoms with Crippen molar-refractivity contribution in [3.8, 4) is 6.07 Å². The summed E-state index contributed by atoms with van der Waals surface area (Å²) in [6.45, 7) is 0. The van der Waals surface area contributed by atoms with Crippen LogP contribution in [-0.2, 0) is 19.4 Å². The van der Waals surface area contributed by atoms with Crippen LogP contribution in [0.2, 0.25) is 0 Å². The molecule has 0 aliphatic heterocycles. The van der Waals surface area contributed by atoms with Crippen LogP contribution in [0.4, 0.5) is 0 Å². The topological polar surface area (TPSA) is 84.2 Å². The number of ether oxygens (including phenoxy) is 1.